The average Bonchev–Trinajstić information content (AvgIpc) is 3.07. The van der Waals surface area contributed by atoms with Crippen LogP contribution in [0.2, 0.25) is 0 Å². The molecule has 1 fully saturated rings. The van der Waals surface area contributed by atoms with Gasteiger partial charge in [0.25, 0.3) is 5.91 Å². The second-order valence-electron chi connectivity index (χ2n) is 7.41. The topological polar surface area (TPSA) is 76.9 Å². The summed E-state index contributed by atoms with van der Waals surface area (Å²) in [5.41, 5.74) is 2.39. The first-order chi connectivity index (χ1) is 15.1. The minimum atomic E-state index is -0.763. The number of benzene rings is 2. The number of para-hydroxylation sites is 2. The number of anilines is 2. The third-order valence-corrected chi connectivity index (χ3v) is 5.60. The molecule has 0 aromatic heterocycles. The van der Waals surface area contributed by atoms with Crippen molar-refractivity contribution < 1.29 is 14.3 Å². The molecule has 4 rings (SSSR count). The van der Waals surface area contributed by atoms with E-state index in [4.69, 9.17) is 4.74 Å². The van der Waals surface area contributed by atoms with Gasteiger partial charge in [0.1, 0.15) is 6.07 Å². The molecule has 2 aromatic rings. The summed E-state index contributed by atoms with van der Waals surface area (Å²) in [7, 11) is 0. The second-order valence-corrected chi connectivity index (χ2v) is 7.41. The number of fused-ring (bicyclic) bond motifs is 1. The average molecular weight is 416 g/mol. The monoisotopic (exact) mass is 416 g/mol. The molecule has 7 nitrogen and oxygen atoms in total. The molecule has 0 unspecified atom stereocenters. The van der Waals surface area contributed by atoms with Crippen LogP contribution in [0.1, 0.15) is 12.5 Å². The number of carbonyl (C=O) groups is 2. The van der Waals surface area contributed by atoms with E-state index < -0.39 is 5.97 Å². The van der Waals surface area contributed by atoms with Crippen LogP contribution in [-0.2, 0) is 14.3 Å². The van der Waals surface area contributed by atoms with Crippen molar-refractivity contribution >= 4 is 28.8 Å². The molecule has 0 saturated carbocycles. The lowest BCUT2D eigenvalue weighted by molar-refractivity contribution is -0.138. The number of nitrogens with zero attached hydrogens (tertiary/aromatic N) is 4. The van der Waals surface area contributed by atoms with E-state index >= 15 is 0 Å². The zero-order chi connectivity index (χ0) is 21.8. The van der Waals surface area contributed by atoms with Gasteiger partial charge in [-0.15, -0.1) is 0 Å². The number of nitriles is 1. The maximum Gasteiger partial charge on any atom is 0.349 e. The van der Waals surface area contributed by atoms with Gasteiger partial charge in [-0.1, -0.05) is 36.4 Å². The Balaban J connectivity index is 1.54. The Labute approximate surface area is 181 Å². The highest BCUT2D eigenvalue weighted by Gasteiger charge is 2.37. The number of carbonyl (C=O) groups excluding carboxylic acids is 2. The molecular weight excluding hydrogens is 392 g/mol. The predicted molar refractivity (Wildman–Crippen MR) is 118 cm³/mol. The molecule has 158 valence electrons. The molecule has 31 heavy (non-hydrogen) atoms. The maximum atomic E-state index is 13.3. The van der Waals surface area contributed by atoms with E-state index in [0.29, 0.717) is 17.9 Å². The fourth-order valence-electron chi connectivity index (χ4n) is 4.06. The van der Waals surface area contributed by atoms with E-state index in [1.807, 2.05) is 36.4 Å². The molecule has 0 N–H and O–H groups in total. The SMILES string of the molecule is CCOC(=O)C(C#N)=C1C(=O)N(CN2CCN(c3ccccc3)CC2)c2ccccc21. The quantitative estimate of drug-likeness (QED) is 0.424. The standard InChI is InChI=1S/C24H24N4O3/c1-2-31-24(30)20(16-25)22-19-10-6-7-11-21(19)28(23(22)29)17-26-12-14-27(15-13-26)18-8-4-3-5-9-18/h3-11H,2,12-15,17H2,1H3. The highest BCUT2D eigenvalue weighted by atomic mass is 16.5. The molecule has 2 aromatic carbocycles. The van der Waals surface area contributed by atoms with Crippen molar-refractivity contribution in [3.63, 3.8) is 0 Å². The van der Waals surface area contributed by atoms with Gasteiger partial charge in [0.2, 0.25) is 0 Å². The largest absolute Gasteiger partial charge is 0.462 e. The number of piperazine rings is 1. The van der Waals surface area contributed by atoms with Crippen LogP contribution in [-0.4, -0.2) is 56.2 Å². The van der Waals surface area contributed by atoms with Crippen molar-refractivity contribution in [1.29, 1.82) is 5.26 Å². The van der Waals surface area contributed by atoms with Gasteiger partial charge in [0.15, 0.2) is 5.57 Å². The molecule has 7 heteroatoms. The van der Waals surface area contributed by atoms with E-state index in [9.17, 15) is 14.9 Å². The van der Waals surface area contributed by atoms with Gasteiger partial charge >= 0.3 is 5.97 Å². The van der Waals surface area contributed by atoms with Crippen LogP contribution in [0.5, 0.6) is 0 Å². The zero-order valence-electron chi connectivity index (χ0n) is 17.5. The van der Waals surface area contributed by atoms with E-state index in [0.717, 1.165) is 26.2 Å². The Hall–Kier alpha value is -3.63. The fourth-order valence-corrected chi connectivity index (χ4v) is 4.06. The van der Waals surface area contributed by atoms with E-state index in [-0.39, 0.29) is 23.7 Å². The smallest absolute Gasteiger partial charge is 0.349 e. The van der Waals surface area contributed by atoms with Gasteiger partial charge < -0.3 is 9.64 Å². The van der Waals surface area contributed by atoms with Gasteiger partial charge in [-0.3, -0.25) is 14.6 Å². The molecule has 0 bridgehead atoms. The summed E-state index contributed by atoms with van der Waals surface area (Å²) in [6.07, 6.45) is 0. The molecule has 2 aliphatic rings. The first-order valence-corrected chi connectivity index (χ1v) is 10.4. The lowest BCUT2D eigenvalue weighted by Gasteiger charge is -2.37. The van der Waals surface area contributed by atoms with Crippen molar-refractivity contribution in [3.05, 3.63) is 65.7 Å². The third kappa shape index (κ3) is 4.03. The van der Waals surface area contributed by atoms with Crippen molar-refractivity contribution in [1.82, 2.24) is 4.90 Å². The number of rotatable bonds is 5. The normalized spacial score (nSPS) is 17.9. The third-order valence-electron chi connectivity index (χ3n) is 5.60. The van der Waals surface area contributed by atoms with Gasteiger partial charge in [-0.2, -0.15) is 5.26 Å². The van der Waals surface area contributed by atoms with Crippen LogP contribution < -0.4 is 9.80 Å². The minimum Gasteiger partial charge on any atom is -0.462 e. The molecule has 0 aliphatic carbocycles. The molecule has 1 saturated heterocycles. The van der Waals surface area contributed by atoms with Crippen molar-refractivity contribution in [2.24, 2.45) is 0 Å². The summed E-state index contributed by atoms with van der Waals surface area (Å²) < 4.78 is 5.00. The Morgan fingerprint density at radius 2 is 1.71 bits per heavy atom. The lowest BCUT2D eigenvalue weighted by atomic mass is 10.0. The van der Waals surface area contributed by atoms with E-state index in [2.05, 4.69) is 21.9 Å². The molecule has 0 radical (unpaired) electrons. The summed E-state index contributed by atoms with van der Waals surface area (Å²) in [5.74, 6) is -1.10. The highest BCUT2D eigenvalue weighted by Crippen LogP contribution is 2.38. The number of ether oxygens (including phenoxy) is 1. The summed E-state index contributed by atoms with van der Waals surface area (Å²) in [6, 6.07) is 19.4. The van der Waals surface area contributed by atoms with Crippen LogP contribution in [0.25, 0.3) is 5.57 Å². The molecule has 1 amide bonds. The number of esters is 1. The second kappa shape index (κ2) is 9.02. The highest BCUT2D eigenvalue weighted by molar-refractivity contribution is 6.36. The maximum absolute atomic E-state index is 13.3. The predicted octanol–water partition coefficient (Wildman–Crippen LogP) is 2.65. The Morgan fingerprint density at radius 3 is 2.39 bits per heavy atom. The summed E-state index contributed by atoms with van der Waals surface area (Å²) >= 11 is 0. The van der Waals surface area contributed by atoms with Gasteiger partial charge in [-0.05, 0) is 25.1 Å². The first kappa shape index (κ1) is 20.6. The van der Waals surface area contributed by atoms with Crippen LogP contribution >= 0.6 is 0 Å². The molecule has 0 spiro atoms. The number of hydrogen-bond acceptors (Lipinski definition) is 6. The lowest BCUT2D eigenvalue weighted by Crippen LogP contribution is -2.50. The van der Waals surface area contributed by atoms with Crippen LogP contribution in [0, 0.1) is 11.3 Å². The summed E-state index contributed by atoms with van der Waals surface area (Å²) in [5, 5.41) is 9.58. The van der Waals surface area contributed by atoms with Crippen LogP contribution in [0.3, 0.4) is 0 Å². The van der Waals surface area contributed by atoms with Crippen molar-refractivity contribution in [2.75, 3.05) is 49.3 Å². The molecule has 2 heterocycles. The molecular formula is C24H24N4O3. The summed E-state index contributed by atoms with van der Waals surface area (Å²) in [4.78, 5) is 31.8. The van der Waals surface area contributed by atoms with Gasteiger partial charge in [0, 0.05) is 37.4 Å². The number of hydrogen-bond donors (Lipinski definition) is 0. The molecule has 2 aliphatic heterocycles. The Morgan fingerprint density at radius 1 is 1.03 bits per heavy atom. The van der Waals surface area contributed by atoms with Crippen LogP contribution in [0.15, 0.2) is 60.2 Å². The van der Waals surface area contributed by atoms with Crippen LogP contribution in [0.4, 0.5) is 11.4 Å². The first-order valence-electron chi connectivity index (χ1n) is 10.4. The van der Waals surface area contributed by atoms with Gasteiger partial charge in [0.05, 0.1) is 24.5 Å². The van der Waals surface area contributed by atoms with E-state index in [1.54, 1.807) is 24.0 Å². The van der Waals surface area contributed by atoms with E-state index in [1.165, 1.54) is 5.69 Å². The van der Waals surface area contributed by atoms with Gasteiger partial charge in [-0.25, -0.2) is 4.79 Å². The fraction of sp³-hybridized carbons (Fsp3) is 0.292. The number of amides is 1. The van der Waals surface area contributed by atoms with Crippen molar-refractivity contribution in [2.45, 2.75) is 6.92 Å². The minimum absolute atomic E-state index is 0.125. The Kier molecular flexibility index (Phi) is 6.01. The molecule has 0 atom stereocenters. The Bertz CT molecular complexity index is 1050. The zero-order valence-corrected chi connectivity index (χ0v) is 17.5. The van der Waals surface area contributed by atoms with Crippen molar-refractivity contribution in [3.8, 4) is 6.07 Å². The summed E-state index contributed by atoms with van der Waals surface area (Å²) in [6.45, 7) is 5.56.